The number of nitrogens with zero attached hydrogens (tertiary/aromatic N) is 1. The molecule has 3 aromatic carbocycles. The lowest BCUT2D eigenvalue weighted by molar-refractivity contribution is -0.113. The minimum absolute atomic E-state index is 0.0727. The fourth-order valence-corrected chi connectivity index (χ4v) is 5.41. The van der Waals surface area contributed by atoms with Crippen LogP contribution in [0.5, 0.6) is 5.75 Å². The van der Waals surface area contributed by atoms with E-state index < -0.39 is 0 Å². The molecule has 1 heterocycles. The van der Waals surface area contributed by atoms with Gasteiger partial charge in [0.05, 0.1) is 23.3 Å². The van der Waals surface area contributed by atoms with E-state index in [4.69, 9.17) is 4.74 Å². The zero-order valence-corrected chi connectivity index (χ0v) is 22.7. The molecule has 0 aliphatic carbocycles. The first-order valence-corrected chi connectivity index (χ1v) is 13.6. The molecule has 196 valence electrons. The highest BCUT2D eigenvalue weighted by atomic mass is 32.2. The van der Waals surface area contributed by atoms with Crippen molar-refractivity contribution in [3.63, 3.8) is 0 Å². The first-order chi connectivity index (χ1) is 18.9. The Morgan fingerprint density at radius 2 is 1.59 bits per heavy atom. The molecule has 0 aliphatic heterocycles. The molecule has 0 atom stereocenters. The van der Waals surface area contributed by atoms with E-state index in [1.807, 2.05) is 24.3 Å². The first-order valence-electron chi connectivity index (χ1n) is 11.8. The standard InChI is InChI=1S/C29H24N4O4S2/c1-18-24(16-30)29(39-26(18)28(36)31-20-7-4-3-5-8-20)33-25(34)17-38-23-10-6-9-21(15-23)32-27(35)19-11-13-22(37-2)14-12-19/h3-15H,17H2,1-2H3,(H,31,36)(H,32,35)(H,33,34). The van der Waals surface area contributed by atoms with E-state index in [-0.39, 0.29) is 29.0 Å². The van der Waals surface area contributed by atoms with Crippen LogP contribution in [0.3, 0.4) is 0 Å². The number of carbonyl (C=O) groups excluding carboxylic acids is 3. The topological polar surface area (TPSA) is 120 Å². The lowest BCUT2D eigenvalue weighted by atomic mass is 10.1. The Balaban J connectivity index is 1.37. The number of nitrogens with one attached hydrogen (secondary N) is 3. The molecular weight excluding hydrogens is 532 g/mol. The van der Waals surface area contributed by atoms with Crippen LogP contribution in [0.15, 0.2) is 83.8 Å². The number of hydrogen-bond acceptors (Lipinski definition) is 7. The van der Waals surface area contributed by atoms with Crippen molar-refractivity contribution in [2.24, 2.45) is 0 Å². The van der Waals surface area contributed by atoms with Gasteiger partial charge in [-0.3, -0.25) is 14.4 Å². The monoisotopic (exact) mass is 556 g/mol. The van der Waals surface area contributed by atoms with Crippen molar-refractivity contribution < 1.29 is 19.1 Å². The van der Waals surface area contributed by atoms with Crippen LogP contribution in [-0.2, 0) is 4.79 Å². The van der Waals surface area contributed by atoms with E-state index in [1.165, 1.54) is 11.8 Å². The second kappa shape index (κ2) is 12.8. The van der Waals surface area contributed by atoms with Crippen LogP contribution >= 0.6 is 23.1 Å². The van der Waals surface area contributed by atoms with Gasteiger partial charge in [0.15, 0.2) is 0 Å². The number of thiophene rings is 1. The number of benzene rings is 3. The summed E-state index contributed by atoms with van der Waals surface area (Å²) in [7, 11) is 1.56. The van der Waals surface area contributed by atoms with E-state index in [2.05, 4.69) is 22.0 Å². The number of nitriles is 1. The fourth-order valence-electron chi connectivity index (χ4n) is 3.58. The number of hydrogen-bond donors (Lipinski definition) is 3. The fraction of sp³-hybridized carbons (Fsp3) is 0.103. The number of thioether (sulfide) groups is 1. The Morgan fingerprint density at radius 3 is 2.28 bits per heavy atom. The van der Waals surface area contributed by atoms with Crippen LogP contribution in [0.25, 0.3) is 0 Å². The summed E-state index contributed by atoms with van der Waals surface area (Å²) in [6, 6.07) is 25.0. The molecule has 10 heteroatoms. The number of methoxy groups -OCH3 is 1. The second-order valence-corrected chi connectivity index (χ2v) is 10.3. The molecular formula is C29H24N4O4S2. The van der Waals surface area contributed by atoms with Gasteiger partial charge in [-0.25, -0.2) is 0 Å². The number of para-hydroxylation sites is 1. The molecule has 0 radical (unpaired) electrons. The van der Waals surface area contributed by atoms with Gasteiger partial charge >= 0.3 is 0 Å². The van der Waals surface area contributed by atoms with Crippen LogP contribution < -0.4 is 20.7 Å². The first kappa shape index (κ1) is 27.4. The average Bonchev–Trinajstić information content (AvgIpc) is 3.27. The SMILES string of the molecule is COc1ccc(C(=O)Nc2cccc(SCC(=O)Nc3sc(C(=O)Nc4ccccc4)c(C)c3C#N)c2)cc1. The predicted octanol–water partition coefficient (Wildman–Crippen LogP) is 6.17. The second-order valence-electron chi connectivity index (χ2n) is 8.24. The van der Waals surface area contributed by atoms with Gasteiger partial charge in [-0.05, 0) is 67.1 Å². The number of anilines is 3. The van der Waals surface area contributed by atoms with Crippen LogP contribution in [0.4, 0.5) is 16.4 Å². The lowest BCUT2D eigenvalue weighted by Gasteiger charge is -2.08. The summed E-state index contributed by atoms with van der Waals surface area (Å²) >= 11 is 2.35. The molecule has 0 spiro atoms. The number of ether oxygens (including phenoxy) is 1. The maximum Gasteiger partial charge on any atom is 0.266 e. The Morgan fingerprint density at radius 1 is 0.897 bits per heavy atom. The van der Waals surface area contributed by atoms with Crippen molar-refractivity contribution in [2.75, 3.05) is 28.8 Å². The van der Waals surface area contributed by atoms with Gasteiger partial charge < -0.3 is 20.7 Å². The molecule has 4 aromatic rings. The van der Waals surface area contributed by atoms with Crippen molar-refractivity contribution >= 4 is 57.2 Å². The minimum atomic E-state index is -0.344. The van der Waals surface area contributed by atoms with Crippen LogP contribution in [0, 0.1) is 18.3 Å². The van der Waals surface area contributed by atoms with Gasteiger partial charge in [0.2, 0.25) is 5.91 Å². The zero-order valence-electron chi connectivity index (χ0n) is 21.1. The van der Waals surface area contributed by atoms with Gasteiger partial charge in [-0.15, -0.1) is 23.1 Å². The van der Waals surface area contributed by atoms with Crippen molar-refractivity contribution in [2.45, 2.75) is 11.8 Å². The van der Waals surface area contributed by atoms with E-state index >= 15 is 0 Å². The maximum absolute atomic E-state index is 12.8. The molecule has 4 rings (SSSR count). The lowest BCUT2D eigenvalue weighted by Crippen LogP contribution is -2.14. The number of amides is 3. The summed E-state index contributed by atoms with van der Waals surface area (Å²) < 4.78 is 5.12. The van der Waals surface area contributed by atoms with Gasteiger partial charge in [0, 0.05) is 21.8 Å². The smallest absolute Gasteiger partial charge is 0.266 e. The molecule has 0 saturated heterocycles. The van der Waals surface area contributed by atoms with Crippen molar-refractivity contribution in [1.82, 2.24) is 0 Å². The van der Waals surface area contributed by atoms with Crippen molar-refractivity contribution in [1.29, 1.82) is 5.26 Å². The van der Waals surface area contributed by atoms with Gasteiger partial charge in [0.25, 0.3) is 11.8 Å². The predicted molar refractivity (Wildman–Crippen MR) is 155 cm³/mol. The van der Waals surface area contributed by atoms with E-state index in [0.29, 0.717) is 38.1 Å². The molecule has 0 bridgehead atoms. The Kier molecular flexibility index (Phi) is 8.99. The molecule has 0 saturated carbocycles. The Hall–Kier alpha value is -4.59. The number of rotatable bonds is 9. The molecule has 1 aromatic heterocycles. The van der Waals surface area contributed by atoms with E-state index in [1.54, 1.807) is 68.6 Å². The normalized spacial score (nSPS) is 10.3. The average molecular weight is 557 g/mol. The molecule has 3 N–H and O–H groups in total. The zero-order chi connectivity index (χ0) is 27.8. The molecule has 0 aliphatic rings. The highest BCUT2D eigenvalue weighted by Crippen LogP contribution is 2.33. The summed E-state index contributed by atoms with van der Waals surface area (Å²) in [5, 5.41) is 18.4. The molecule has 39 heavy (non-hydrogen) atoms. The highest BCUT2D eigenvalue weighted by Gasteiger charge is 2.21. The van der Waals surface area contributed by atoms with E-state index in [9.17, 15) is 19.6 Å². The largest absolute Gasteiger partial charge is 0.497 e. The van der Waals surface area contributed by atoms with Gasteiger partial charge in [-0.2, -0.15) is 5.26 Å². The third-order valence-electron chi connectivity index (χ3n) is 5.56. The molecule has 3 amide bonds. The van der Waals surface area contributed by atoms with Crippen molar-refractivity contribution in [3.8, 4) is 11.8 Å². The van der Waals surface area contributed by atoms with Gasteiger partial charge in [-0.1, -0.05) is 24.3 Å². The quantitative estimate of drug-likeness (QED) is 0.212. The molecule has 0 fully saturated rings. The summed E-state index contributed by atoms with van der Waals surface area (Å²) in [4.78, 5) is 39.2. The summed E-state index contributed by atoms with van der Waals surface area (Å²) in [5.74, 6) is -0.191. The van der Waals surface area contributed by atoms with Crippen LogP contribution in [-0.4, -0.2) is 30.6 Å². The minimum Gasteiger partial charge on any atom is -0.497 e. The van der Waals surface area contributed by atoms with Crippen molar-refractivity contribution in [3.05, 3.63) is 100 Å². The van der Waals surface area contributed by atoms with Crippen LogP contribution in [0.1, 0.15) is 31.2 Å². The molecule has 0 unspecified atom stereocenters. The summed E-state index contributed by atoms with van der Waals surface area (Å²) in [6.45, 7) is 1.69. The summed E-state index contributed by atoms with van der Waals surface area (Å²) in [5.41, 5.74) is 2.50. The highest BCUT2D eigenvalue weighted by molar-refractivity contribution is 8.00. The molecule has 8 nitrogen and oxygen atoms in total. The van der Waals surface area contributed by atoms with Gasteiger partial charge in [0.1, 0.15) is 16.8 Å². The van der Waals surface area contributed by atoms with Crippen LogP contribution in [0.2, 0.25) is 0 Å². The maximum atomic E-state index is 12.8. The third-order valence-corrected chi connectivity index (χ3v) is 7.76. The Labute approximate surface area is 234 Å². The third kappa shape index (κ3) is 7.04. The van der Waals surface area contributed by atoms with E-state index in [0.717, 1.165) is 16.2 Å². The summed E-state index contributed by atoms with van der Waals surface area (Å²) in [6.07, 6.45) is 0. The number of carbonyl (C=O) groups is 3. The Bertz CT molecular complexity index is 1540.